The van der Waals surface area contributed by atoms with Crippen molar-refractivity contribution in [1.82, 2.24) is 4.98 Å². The first-order valence-electron chi connectivity index (χ1n) is 6.13. The van der Waals surface area contributed by atoms with Crippen LogP contribution in [-0.4, -0.2) is 17.4 Å². The van der Waals surface area contributed by atoms with E-state index in [0.717, 1.165) is 12.0 Å². The predicted molar refractivity (Wildman–Crippen MR) is 73.6 cm³/mol. The number of nitrogens with one attached hydrogen (secondary N) is 1. The Bertz CT molecular complexity index is 449. The lowest BCUT2D eigenvalue weighted by molar-refractivity contribution is -0.390. The van der Waals surface area contributed by atoms with Crippen LogP contribution in [0.5, 0.6) is 0 Å². The second kappa shape index (κ2) is 7.52. The number of aryl methyl sites for hydroxylation is 1. The third-order valence-electron chi connectivity index (χ3n) is 2.18. The van der Waals surface area contributed by atoms with Crippen LogP contribution in [0, 0.1) is 6.92 Å². The Labute approximate surface area is 121 Å². The molecule has 0 aliphatic rings. The molecule has 0 spiro atoms. The fourth-order valence-corrected chi connectivity index (χ4v) is 1.66. The van der Waals surface area contributed by atoms with E-state index in [1.807, 2.05) is 12.4 Å². The van der Waals surface area contributed by atoms with Gasteiger partial charge in [0.15, 0.2) is 5.82 Å². The van der Waals surface area contributed by atoms with E-state index in [4.69, 9.17) is 11.6 Å². The molecule has 7 heteroatoms. The zero-order valence-corrected chi connectivity index (χ0v) is 12.2. The first-order valence-corrected chi connectivity index (χ1v) is 6.50. The summed E-state index contributed by atoms with van der Waals surface area (Å²) in [6, 6.07) is 3.11. The third-order valence-corrected chi connectivity index (χ3v) is 2.37. The van der Waals surface area contributed by atoms with Crippen molar-refractivity contribution in [1.29, 1.82) is 0 Å². The van der Waals surface area contributed by atoms with Crippen molar-refractivity contribution >= 4 is 17.4 Å². The fraction of sp³-hybridized carbons (Fsp3) is 0.462. The number of anilines is 1. The van der Waals surface area contributed by atoms with Gasteiger partial charge in [0.05, 0.1) is 6.10 Å². The minimum absolute atomic E-state index is 0.0787. The van der Waals surface area contributed by atoms with Gasteiger partial charge in [-0.1, -0.05) is 30.7 Å². The van der Waals surface area contributed by atoms with E-state index in [0.29, 0.717) is 0 Å². The predicted octanol–water partition coefficient (Wildman–Crippen LogP) is 4.31. The standard InChI is InChI=1S/C13H17ClF2N2O2/c1-4-5-6-10(3)19-13(15,16)20-18-12-8-9(2)7-11(14)17-12/h5-8,10H,4H2,1-3H3,(H,17,18)/b6-5-. The van der Waals surface area contributed by atoms with Gasteiger partial charge in [-0.05, 0) is 38.0 Å². The molecule has 0 aliphatic carbocycles. The normalized spacial score (nSPS) is 13.7. The van der Waals surface area contributed by atoms with Crippen LogP contribution in [0.4, 0.5) is 14.6 Å². The van der Waals surface area contributed by atoms with Gasteiger partial charge in [0.2, 0.25) is 0 Å². The zero-order valence-electron chi connectivity index (χ0n) is 11.5. The van der Waals surface area contributed by atoms with E-state index in [-0.39, 0.29) is 11.0 Å². The number of allylic oxidation sites excluding steroid dienone is 1. The minimum Gasteiger partial charge on any atom is -0.287 e. The van der Waals surface area contributed by atoms with Crippen molar-refractivity contribution in [2.75, 3.05) is 5.48 Å². The maximum absolute atomic E-state index is 13.4. The van der Waals surface area contributed by atoms with Crippen molar-refractivity contribution in [3.05, 3.63) is 35.0 Å². The monoisotopic (exact) mass is 306 g/mol. The molecule has 0 fully saturated rings. The average molecular weight is 307 g/mol. The van der Waals surface area contributed by atoms with Gasteiger partial charge in [0, 0.05) is 0 Å². The molecule has 1 heterocycles. The molecule has 1 aromatic heterocycles. The number of hydrogen-bond acceptors (Lipinski definition) is 4. The van der Waals surface area contributed by atoms with Crippen LogP contribution in [0.25, 0.3) is 0 Å². The molecule has 0 saturated heterocycles. The van der Waals surface area contributed by atoms with Crippen LogP contribution in [0.1, 0.15) is 25.8 Å². The van der Waals surface area contributed by atoms with E-state index in [1.54, 1.807) is 19.1 Å². The summed E-state index contributed by atoms with van der Waals surface area (Å²) in [4.78, 5) is 8.01. The summed E-state index contributed by atoms with van der Waals surface area (Å²) in [7, 11) is 0. The average Bonchev–Trinajstić information content (AvgIpc) is 2.32. The molecule has 1 N–H and O–H groups in total. The number of nitrogens with zero attached hydrogens (tertiary/aromatic N) is 1. The summed E-state index contributed by atoms with van der Waals surface area (Å²) >= 11 is 5.71. The van der Waals surface area contributed by atoms with Crippen LogP contribution in [0.3, 0.4) is 0 Å². The van der Waals surface area contributed by atoms with Crippen molar-refractivity contribution in [2.24, 2.45) is 0 Å². The fourth-order valence-electron chi connectivity index (χ4n) is 1.40. The molecule has 1 atom stereocenters. The zero-order chi connectivity index (χ0) is 15.2. The summed E-state index contributed by atoms with van der Waals surface area (Å²) < 4.78 is 31.2. The summed E-state index contributed by atoms with van der Waals surface area (Å²) in [5, 5.41) is 0.180. The Hall–Kier alpha value is -1.24. The number of ether oxygens (including phenoxy) is 1. The van der Waals surface area contributed by atoms with Crippen LogP contribution in [0.15, 0.2) is 24.3 Å². The highest BCUT2D eigenvalue weighted by Crippen LogP contribution is 2.21. The maximum Gasteiger partial charge on any atom is 0.507 e. The SMILES string of the molecule is CC/C=C\C(C)OC(F)(F)ONc1cc(C)cc(Cl)n1. The number of halogens is 3. The molecule has 0 bridgehead atoms. The molecule has 1 rings (SSSR count). The lowest BCUT2D eigenvalue weighted by Gasteiger charge is -2.19. The molecule has 0 amide bonds. The molecule has 4 nitrogen and oxygen atoms in total. The Kier molecular flexibility index (Phi) is 6.32. The van der Waals surface area contributed by atoms with Crippen LogP contribution >= 0.6 is 11.6 Å². The molecule has 1 aromatic rings. The van der Waals surface area contributed by atoms with Crippen molar-refractivity contribution < 1.29 is 18.4 Å². The number of aromatic nitrogens is 1. The Morgan fingerprint density at radius 2 is 2.20 bits per heavy atom. The van der Waals surface area contributed by atoms with Gasteiger partial charge in [-0.15, -0.1) is 8.78 Å². The van der Waals surface area contributed by atoms with E-state index >= 15 is 0 Å². The van der Waals surface area contributed by atoms with Gasteiger partial charge < -0.3 is 0 Å². The molecule has 0 radical (unpaired) electrons. The van der Waals surface area contributed by atoms with Gasteiger partial charge in [0.25, 0.3) is 0 Å². The van der Waals surface area contributed by atoms with Crippen LogP contribution in [0.2, 0.25) is 5.15 Å². The highest BCUT2D eigenvalue weighted by atomic mass is 35.5. The lowest BCUT2D eigenvalue weighted by atomic mass is 10.3. The van der Waals surface area contributed by atoms with Gasteiger partial charge in [-0.3, -0.25) is 4.74 Å². The largest absolute Gasteiger partial charge is 0.507 e. The van der Waals surface area contributed by atoms with E-state index in [2.05, 4.69) is 14.6 Å². The topological polar surface area (TPSA) is 43.4 Å². The molecule has 0 saturated carbocycles. The molecular formula is C13H17ClF2N2O2. The smallest absolute Gasteiger partial charge is 0.287 e. The van der Waals surface area contributed by atoms with Crippen LogP contribution in [-0.2, 0) is 9.57 Å². The number of pyridine rings is 1. The number of alkyl halides is 2. The lowest BCUT2D eigenvalue weighted by Crippen LogP contribution is -2.31. The highest BCUT2D eigenvalue weighted by Gasteiger charge is 2.35. The Balaban J connectivity index is 2.55. The quantitative estimate of drug-likeness (QED) is 0.353. The van der Waals surface area contributed by atoms with Crippen molar-refractivity contribution in [3.8, 4) is 0 Å². The van der Waals surface area contributed by atoms with Gasteiger partial charge in [-0.2, -0.15) is 4.84 Å². The second-order valence-electron chi connectivity index (χ2n) is 4.18. The Morgan fingerprint density at radius 3 is 2.80 bits per heavy atom. The first kappa shape index (κ1) is 16.8. The number of rotatable bonds is 7. The molecular weight excluding hydrogens is 290 g/mol. The summed E-state index contributed by atoms with van der Waals surface area (Å²) in [5.41, 5.74) is 2.80. The van der Waals surface area contributed by atoms with Gasteiger partial charge >= 0.3 is 6.29 Å². The molecule has 0 aromatic carbocycles. The van der Waals surface area contributed by atoms with Crippen molar-refractivity contribution in [2.45, 2.75) is 39.6 Å². The highest BCUT2D eigenvalue weighted by molar-refractivity contribution is 6.29. The van der Waals surface area contributed by atoms with E-state index < -0.39 is 12.4 Å². The summed E-state index contributed by atoms with van der Waals surface area (Å²) in [5.74, 6) is 0.0787. The minimum atomic E-state index is -3.78. The van der Waals surface area contributed by atoms with Gasteiger partial charge in [0.1, 0.15) is 5.15 Å². The summed E-state index contributed by atoms with van der Waals surface area (Å²) in [6.45, 7) is 5.14. The molecule has 20 heavy (non-hydrogen) atoms. The van der Waals surface area contributed by atoms with Crippen molar-refractivity contribution in [3.63, 3.8) is 0 Å². The third kappa shape index (κ3) is 6.27. The Morgan fingerprint density at radius 1 is 1.50 bits per heavy atom. The molecule has 112 valence electrons. The first-order chi connectivity index (χ1) is 9.32. The van der Waals surface area contributed by atoms with Gasteiger partial charge in [-0.25, -0.2) is 10.5 Å². The van der Waals surface area contributed by atoms with E-state index in [1.165, 1.54) is 19.1 Å². The van der Waals surface area contributed by atoms with Crippen LogP contribution < -0.4 is 5.48 Å². The second-order valence-corrected chi connectivity index (χ2v) is 4.57. The molecule has 0 aliphatic heterocycles. The number of hydrogen-bond donors (Lipinski definition) is 1. The summed E-state index contributed by atoms with van der Waals surface area (Å²) in [6.07, 6.45) is -0.560. The molecule has 1 unspecified atom stereocenters. The van der Waals surface area contributed by atoms with E-state index in [9.17, 15) is 8.78 Å². The maximum atomic E-state index is 13.4.